The van der Waals surface area contributed by atoms with Gasteiger partial charge < -0.3 is 8.75 Å². The molecule has 7 heteroatoms. The van der Waals surface area contributed by atoms with E-state index in [2.05, 4.69) is 31.0 Å². The third-order valence-corrected chi connectivity index (χ3v) is 6.09. The van der Waals surface area contributed by atoms with Crippen molar-refractivity contribution in [3.8, 4) is 5.75 Å². The highest BCUT2D eigenvalue weighted by Gasteiger charge is 2.26. The fourth-order valence-corrected chi connectivity index (χ4v) is 4.02. The molecule has 2 aromatic carbocycles. The minimum absolute atomic E-state index is 0.00633. The third-order valence-electron chi connectivity index (χ3n) is 4.35. The predicted molar refractivity (Wildman–Crippen MR) is 101 cm³/mol. The van der Waals surface area contributed by atoms with E-state index >= 15 is 0 Å². The fraction of sp³-hybridized carbons (Fsp3) is 0.211. The quantitative estimate of drug-likeness (QED) is 0.613. The molecule has 0 saturated heterocycles. The fourth-order valence-electron chi connectivity index (χ4n) is 2.68. The minimum atomic E-state index is -4.09. The molecule has 0 N–H and O–H groups in total. The molecule has 0 aliphatic heterocycles. The highest BCUT2D eigenvalue weighted by molar-refractivity contribution is 7.87. The van der Waals surface area contributed by atoms with Crippen LogP contribution in [0.2, 0.25) is 5.15 Å². The number of imidazole rings is 1. The SMILES string of the molecule is Cn1cnc(S(=O)(=O)Oc2ccc(C(C)(C)c3ccccc3)cc2)c1Cl. The molecular weight excluding hydrogens is 372 g/mol. The lowest BCUT2D eigenvalue weighted by Gasteiger charge is -2.26. The second kappa shape index (κ2) is 6.78. The molecule has 136 valence electrons. The van der Waals surface area contributed by atoms with Gasteiger partial charge in [0.05, 0.1) is 6.33 Å². The van der Waals surface area contributed by atoms with Gasteiger partial charge in [-0.15, -0.1) is 0 Å². The van der Waals surface area contributed by atoms with E-state index in [0.717, 1.165) is 5.56 Å². The number of benzene rings is 2. The van der Waals surface area contributed by atoms with E-state index in [1.165, 1.54) is 16.5 Å². The van der Waals surface area contributed by atoms with Crippen LogP contribution in [-0.2, 0) is 22.6 Å². The first-order valence-electron chi connectivity index (χ1n) is 7.99. The molecule has 5 nitrogen and oxygen atoms in total. The summed E-state index contributed by atoms with van der Waals surface area (Å²) in [7, 11) is -2.48. The molecule has 0 bridgehead atoms. The molecule has 0 aliphatic rings. The van der Waals surface area contributed by atoms with Crippen LogP contribution in [0.15, 0.2) is 66.0 Å². The maximum absolute atomic E-state index is 12.4. The monoisotopic (exact) mass is 390 g/mol. The Morgan fingerprint density at radius 3 is 2.12 bits per heavy atom. The van der Waals surface area contributed by atoms with Crippen molar-refractivity contribution >= 4 is 21.7 Å². The Bertz CT molecular complexity index is 1010. The summed E-state index contributed by atoms with van der Waals surface area (Å²) in [6.07, 6.45) is 1.32. The molecule has 0 saturated carbocycles. The highest BCUT2D eigenvalue weighted by Crippen LogP contribution is 2.32. The highest BCUT2D eigenvalue weighted by atomic mass is 35.5. The van der Waals surface area contributed by atoms with Gasteiger partial charge in [0, 0.05) is 12.5 Å². The van der Waals surface area contributed by atoms with Crippen LogP contribution < -0.4 is 4.18 Å². The first-order chi connectivity index (χ1) is 12.2. The van der Waals surface area contributed by atoms with E-state index in [4.69, 9.17) is 15.8 Å². The molecule has 1 heterocycles. The van der Waals surface area contributed by atoms with Crippen molar-refractivity contribution in [2.75, 3.05) is 0 Å². The Kier molecular flexibility index (Phi) is 4.82. The summed E-state index contributed by atoms with van der Waals surface area (Å²) in [6, 6.07) is 17.1. The Morgan fingerprint density at radius 1 is 1.00 bits per heavy atom. The van der Waals surface area contributed by atoms with Crippen LogP contribution in [-0.4, -0.2) is 18.0 Å². The first kappa shape index (κ1) is 18.5. The van der Waals surface area contributed by atoms with Crippen LogP contribution in [0.4, 0.5) is 0 Å². The molecule has 0 radical (unpaired) electrons. The van der Waals surface area contributed by atoms with Gasteiger partial charge in [-0.1, -0.05) is 67.9 Å². The van der Waals surface area contributed by atoms with Crippen molar-refractivity contribution in [2.24, 2.45) is 7.05 Å². The van der Waals surface area contributed by atoms with E-state index in [1.807, 2.05) is 30.3 Å². The Balaban J connectivity index is 1.85. The smallest absolute Gasteiger partial charge is 0.360 e. The Hall–Kier alpha value is -2.31. The summed E-state index contributed by atoms with van der Waals surface area (Å²) >= 11 is 5.95. The second-order valence-electron chi connectivity index (χ2n) is 6.50. The summed E-state index contributed by atoms with van der Waals surface area (Å²) in [6.45, 7) is 4.23. The Morgan fingerprint density at radius 2 is 1.58 bits per heavy atom. The van der Waals surface area contributed by atoms with E-state index in [1.54, 1.807) is 19.2 Å². The van der Waals surface area contributed by atoms with Crippen LogP contribution in [0.5, 0.6) is 5.75 Å². The lowest BCUT2D eigenvalue weighted by Crippen LogP contribution is -2.18. The predicted octanol–water partition coefficient (Wildman–Crippen LogP) is 4.17. The van der Waals surface area contributed by atoms with Gasteiger partial charge >= 0.3 is 10.1 Å². The van der Waals surface area contributed by atoms with Gasteiger partial charge in [0.2, 0.25) is 5.03 Å². The van der Waals surface area contributed by atoms with Gasteiger partial charge in [0.15, 0.2) is 5.15 Å². The molecule has 0 amide bonds. The van der Waals surface area contributed by atoms with Crippen LogP contribution in [0, 0.1) is 0 Å². The van der Waals surface area contributed by atoms with Crippen LogP contribution in [0.25, 0.3) is 0 Å². The van der Waals surface area contributed by atoms with Gasteiger partial charge in [-0.05, 0) is 23.3 Å². The molecule has 0 unspecified atom stereocenters. The number of hydrogen-bond acceptors (Lipinski definition) is 4. The maximum Gasteiger partial charge on any atom is 0.360 e. The molecule has 0 spiro atoms. The lowest BCUT2D eigenvalue weighted by molar-refractivity contribution is 0.482. The van der Waals surface area contributed by atoms with Gasteiger partial charge in [0.25, 0.3) is 0 Å². The van der Waals surface area contributed by atoms with Gasteiger partial charge in [-0.25, -0.2) is 4.98 Å². The van der Waals surface area contributed by atoms with Crippen LogP contribution >= 0.6 is 11.6 Å². The van der Waals surface area contributed by atoms with Gasteiger partial charge in [-0.3, -0.25) is 0 Å². The van der Waals surface area contributed by atoms with Crippen LogP contribution in [0.1, 0.15) is 25.0 Å². The average molecular weight is 391 g/mol. The van der Waals surface area contributed by atoms with E-state index < -0.39 is 10.1 Å². The standard InChI is InChI=1S/C19H19ClN2O3S/c1-19(2,14-7-5-4-6-8-14)15-9-11-16(12-10-15)25-26(23,24)18-17(20)22(3)13-21-18/h4-13H,1-3H3. The van der Waals surface area contributed by atoms with E-state index in [9.17, 15) is 8.42 Å². The summed E-state index contributed by atoms with van der Waals surface area (Å²) in [4.78, 5) is 3.80. The number of aromatic nitrogens is 2. The molecule has 1 aromatic heterocycles. The van der Waals surface area contributed by atoms with Crippen LogP contribution in [0.3, 0.4) is 0 Å². The van der Waals surface area contributed by atoms with Crippen molar-refractivity contribution in [3.05, 3.63) is 77.2 Å². The molecule has 3 aromatic rings. The maximum atomic E-state index is 12.4. The summed E-state index contributed by atoms with van der Waals surface area (Å²) in [5.74, 6) is 0.208. The normalized spacial score (nSPS) is 12.2. The van der Waals surface area contributed by atoms with E-state index in [-0.39, 0.29) is 21.3 Å². The zero-order valence-electron chi connectivity index (χ0n) is 14.7. The second-order valence-corrected chi connectivity index (χ2v) is 8.32. The lowest BCUT2D eigenvalue weighted by atomic mass is 9.78. The number of nitrogens with zero attached hydrogens (tertiary/aromatic N) is 2. The summed E-state index contributed by atoms with van der Waals surface area (Å²) < 4.78 is 31.3. The number of halogens is 1. The zero-order chi connectivity index (χ0) is 18.9. The largest absolute Gasteiger partial charge is 0.378 e. The van der Waals surface area contributed by atoms with Gasteiger partial charge in [-0.2, -0.15) is 8.42 Å². The molecule has 0 fully saturated rings. The topological polar surface area (TPSA) is 61.2 Å². The minimum Gasteiger partial charge on any atom is -0.378 e. The molecule has 0 atom stereocenters. The number of rotatable bonds is 5. The van der Waals surface area contributed by atoms with Gasteiger partial charge in [0.1, 0.15) is 5.75 Å². The summed E-state index contributed by atoms with van der Waals surface area (Å²) in [5.41, 5.74) is 1.99. The van der Waals surface area contributed by atoms with Crippen molar-refractivity contribution in [1.82, 2.24) is 9.55 Å². The average Bonchev–Trinajstić information content (AvgIpc) is 2.96. The van der Waals surface area contributed by atoms with Crippen molar-refractivity contribution in [3.63, 3.8) is 0 Å². The van der Waals surface area contributed by atoms with E-state index in [0.29, 0.717) is 0 Å². The van der Waals surface area contributed by atoms with Crippen molar-refractivity contribution in [2.45, 2.75) is 24.3 Å². The molecule has 0 aliphatic carbocycles. The third kappa shape index (κ3) is 3.48. The van der Waals surface area contributed by atoms with Crippen molar-refractivity contribution in [1.29, 1.82) is 0 Å². The first-order valence-corrected chi connectivity index (χ1v) is 9.78. The summed E-state index contributed by atoms with van der Waals surface area (Å²) in [5, 5.41) is -0.290. The molecule has 3 rings (SSSR count). The Labute approximate surface area is 158 Å². The molecule has 26 heavy (non-hydrogen) atoms. The zero-order valence-corrected chi connectivity index (χ0v) is 16.3. The molecular formula is C19H19ClN2O3S. The number of hydrogen-bond donors (Lipinski definition) is 0. The van der Waals surface area contributed by atoms with Crippen molar-refractivity contribution < 1.29 is 12.6 Å². The number of aryl methyl sites for hydroxylation is 1.